The molecule has 2 rings (SSSR count). The smallest absolute Gasteiger partial charge is 0.225 e. The topological polar surface area (TPSA) is 70.2 Å². The van der Waals surface area contributed by atoms with Gasteiger partial charge in [-0.3, -0.25) is 4.79 Å². The second-order valence-corrected chi connectivity index (χ2v) is 9.54. The quantitative estimate of drug-likeness (QED) is 0.455. The first kappa shape index (κ1) is 27.4. The highest BCUT2D eigenvalue weighted by Gasteiger charge is 2.14. The van der Waals surface area contributed by atoms with E-state index in [9.17, 15) is 4.79 Å². The Labute approximate surface area is 205 Å². The van der Waals surface area contributed by atoms with Gasteiger partial charge in [0.15, 0.2) is 0 Å². The van der Waals surface area contributed by atoms with E-state index in [0.29, 0.717) is 18.3 Å². The van der Waals surface area contributed by atoms with Crippen LogP contribution in [0, 0.1) is 5.92 Å². The fraction of sp³-hybridized carbons (Fsp3) is 0.536. The van der Waals surface area contributed by atoms with E-state index in [0.717, 1.165) is 47.6 Å². The molecule has 1 amide bonds. The van der Waals surface area contributed by atoms with Gasteiger partial charge in [0, 0.05) is 31.4 Å². The van der Waals surface area contributed by atoms with E-state index in [1.807, 2.05) is 38.1 Å². The first-order valence-corrected chi connectivity index (χ1v) is 12.5. The number of fused-ring (bicyclic) bond motifs is 1. The molecular formula is C28H43N5O. The Hall–Kier alpha value is -2.89. The molecule has 1 unspecified atom stereocenters. The standard InChI is InChI=1S/C28H43N5O/c1-8-22(17-15-20(3)4)19-26(34)29-21(5)16-18-23(9-2)30-28-31-25-14-12-10-11-13-24(25)27(32-28)33(6)7/h8,10,12-15,17,20-21,23H,9,11,16,18-19H2,1-7H3,(H,29,34)(H,30,31)/b17-15-,22-8+/t21-,23?/m1/s1. The maximum atomic E-state index is 12.5. The summed E-state index contributed by atoms with van der Waals surface area (Å²) in [4.78, 5) is 24.1. The first-order chi connectivity index (χ1) is 16.2. The van der Waals surface area contributed by atoms with Crippen molar-refractivity contribution in [2.75, 3.05) is 24.3 Å². The zero-order chi connectivity index (χ0) is 25.1. The van der Waals surface area contributed by atoms with Crippen LogP contribution >= 0.6 is 0 Å². The van der Waals surface area contributed by atoms with Crippen LogP contribution in [0.25, 0.3) is 12.2 Å². The Balaban J connectivity index is 1.98. The number of rotatable bonds is 12. The van der Waals surface area contributed by atoms with E-state index in [4.69, 9.17) is 9.97 Å². The Bertz CT molecular complexity index is 1020. The summed E-state index contributed by atoms with van der Waals surface area (Å²) in [6.45, 7) is 10.5. The van der Waals surface area contributed by atoms with Gasteiger partial charge in [0.1, 0.15) is 5.82 Å². The summed E-state index contributed by atoms with van der Waals surface area (Å²) in [6.07, 6.45) is 18.7. The summed E-state index contributed by atoms with van der Waals surface area (Å²) in [7, 11) is 4.02. The predicted octanol–water partition coefficient (Wildman–Crippen LogP) is 4.09. The summed E-state index contributed by atoms with van der Waals surface area (Å²) in [5.41, 5.74) is 1.05. The fourth-order valence-electron chi connectivity index (χ4n) is 3.80. The van der Waals surface area contributed by atoms with Crippen molar-refractivity contribution >= 4 is 29.8 Å². The van der Waals surface area contributed by atoms with Crippen molar-refractivity contribution in [1.82, 2.24) is 15.3 Å². The van der Waals surface area contributed by atoms with Crippen molar-refractivity contribution in [3.05, 3.63) is 46.5 Å². The van der Waals surface area contributed by atoms with E-state index in [2.05, 4.69) is 68.7 Å². The van der Waals surface area contributed by atoms with Gasteiger partial charge < -0.3 is 15.5 Å². The number of amides is 1. The van der Waals surface area contributed by atoms with E-state index in [1.165, 1.54) is 0 Å². The van der Waals surface area contributed by atoms with Gasteiger partial charge >= 0.3 is 0 Å². The summed E-state index contributed by atoms with van der Waals surface area (Å²) in [5.74, 6) is 2.12. The summed E-state index contributed by atoms with van der Waals surface area (Å²) in [5, 5.41) is 8.70. The number of allylic oxidation sites excluding steroid dienone is 5. The van der Waals surface area contributed by atoms with Crippen molar-refractivity contribution in [2.24, 2.45) is 5.92 Å². The van der Waals surface area contributed by atoms with Gasteiger partial charge in [-0.05, 0) is 57.1 Å². The van der Waals surface area contributed by atoms with Gasteiger partial charge in [0.2, 0.25) is 11.9 Å². The Morgan fingerprint density at radius 3 is 2.62 bits per heavy atom. The Kier molecular flexibility index (Phi) is 11.0. The average Bonchev–Trinajstić information content (AvgIpc) is 3.03. The maximum absolute atomic E-state index is 12.5. The zero-order valence-electron chi connectivity index (χ0n) is 22.1. The molecule has 2 atom stereocenters. The molecule has 0 radical (unpaired) electrons. The lowest BCUT2D eigenvalue weighted by molar-refractivity contribution is -0.121. The van der Waals surface area contributed by atoms with Crippen LogP contribution in [0.5, 0.6) is 0 Å². The average molecular weight is 466 g/mol. The normalized spacial score (nSPS) is 15.2. The number of carbonyl (C=O) groups is 1. The molecule has 2 N–H and O–H groups in total. The number of hydrogen-bond donors (Lipinski definition) is 2. The molecule has 6 nitrogen and oxygen atoms in total. The molecule has 1 aliphatic carbocycles. The highest BCUT2D eigenvalue weighted by molar-refractivity contribution is 5.79. The summed E-state index contributed by atoms with van der Waals surface area (Å²) < 4.78 is 0. The third-order valence-electron chi connectivity index (χ3n) is 5.84. The van der Waals surface area contributed by atoms with Crippen molar-refractivity contribution in [3.8, 4) is 0 Å². The minimum atomic E-state index is 0.0690. The number of hydrogen-bond acceptors (Lipinski definition) is 5. The molecule has 34 heavy (non-hydrogen) atoms. The van der Waals surface area contributed by atoms with E-state index < -0.39 is 0 Å². The Morgan fingerprint density at radius 2 is 1.97 bits per heavy atom. The molecule has 0 spiro atoms. The van der Waals surface area contributed by atoms with Crippen LogP contribution in [0.2, 0.25) is 0 Å². The molecule has 1 aromatic heterocycles. The van der Waals surface area contributed by atoms with Gasteiger partial charge in [-0.15, -0.1) is 0 Å². The minimum Gasteiger partial charge on any atom is -0.362 e. The van der Waals surface area contributed by atoms with Crippen LogP contribution in [0.3, 0.4) is 0 Å². The molecule has 0 saturated heterocycles. The summed E-state index contributed by atoms with van der Waals surface area (Å²) in [6, 6.07) is 0.340. The van der Waals surface area contributed by atoms with E-state index in [-0.39, 0.29) is 18.0 Å². The van der Waals surface area contributed by atoms with Crippen LogP contribution in [0.1, 0.15) is 66.7 Å². The predicted molar refractivity (Wildman–Crippen MR) is 145 cm³/mol. The minimum absolute atomic E-state index is 0.0690. The summed E-state index contributed by atoms with van der Waals surface area (Å²) >= 11 is 0. The van der Waals surface area contributed by atoms with Crippen LogP contribution < -0.4 is 26.1 Å². The largest absolute Gasteiger partial charge is 0.362 e. The van der Waals surface area contributed by atoms with E-state index >= 15 is 0 Å². The van der Waals surface area contributed by atoms with Crippen LogP contribution in [0.4, 0.5) is 11.8 Å². The maximum Gasteiger partial charge on any atom is 0.225 e. The molecule has 1 aliphatic rings. The monoisotopic (exact) mass is 465 g/mol. The van der Waals surface area contributed by atoms with E-state index in [1.54, 1.807) is 0 Å². The highest BCUT2D eigenvalue weighted by atomic mass is 16.1. The first-order valence-electron chi connectivity index (χ1n) is 12.5. The highest BCUT2D eigenvalue weighted by Crippen LogP contribution is 2.12. The zero-order valence-corrected chi connectivity index (χ0v) is 22.1. The molecule has 1 aromatic rings. The van der Waals surface area contributed by atoms with Gasteiger partial charge in [0.05, 0.1) is 11.8 Å². The SMILES string of the molecule is C/C=C(\C=C/C(C)C)CC(=O)N[C@H](C)CCC(CC)Nc1nc(N(C)C)c2c(n1)=CC=CCC=2. The molecule has 186 valence electrons. The molecule has 0 bridgehead atoms. The number of carbonyl (C=O) groups excluding carboxylic acids is 1. The molecule has 0 saturated carbocycles. The van der Waals surface area contributed by atoms with Gasteiger partial charge in [0.25, 0.3) is 0 Å². The molecule has 0 aromatic carbocycles. The van der Waals surface area contributed by atoms with Crippen LogP contribution in [-0.2, 0) is 4.79 Å². The van der Waals surface area contributed by atoms with Crippen molar-refractivity contribution in [2.45, 2.75) is 78.8 Å². The van der Waals surface area contributed by atoms with Crippen LogP contribution in [0.15, 0.2) is 36.0 Å². The van der Waals surface area contributed by atoms with Crippen LogP contribution in [-0.4, -0.2) is 42.1 Å². The van der Waals surface area contributed by atoms with Crippen molar-refractivity contribution in [1.29, 1.82) is 0 Å². The number of nitrogens with zero attached hydrogens (tertiary/aromatic N) is 3. The van der Waals surface area contributed by atoms with Crippen molar-refractivity contribution in [3.63, 3.8) is 0 Å². The third-order valence-corrected chi connectivity index (χ3v) is 5.84. The number of anilines is 2. The lowest BCUT2D eigenvalue weighted by Gasteiger charge is -2.21. The molecule has 6 heteroatoms. The molecule has 0 aliphatic heterocycles. The molecule has 0 fully saturated rings. The lowest BCUT2D eigenvalue weighted by Crippen LogP contribution is -2.37. The van der Waals surface area contributed by atoms with Gasteiger partial charge in [-0.2, -0.15) is 4.98 Å². The Morgan fingerprint density at radius 1 is 1.21 bits per heavy atom. The molecular weight excluding hydrogens is 422 g/mol. The number of nitrogens with one attached hydrogen (secondary N) is 2. The van der Waals surface area contributed by atoms with Crippen molar-refractivity contribution < 1.29 is 4.79 Å². The van der Waals surface area contributed by atoms with Gasteiger partial charge in [-0.25, -0.2) is 4.98 Å². The second-order valence-electron chi connectivity index (χ2n) is 9.54. The second kappa shape index (κ2) is 13.7. The molecule has 1 heterocycles. The fourth-order valence-corrected chi connectivity index (χ4v) is 3.80. The third kappa shape index (κ3) is 8.81. The van der Waals surface area contributed by atoms with Gasteiger partial charge in [-0.1, -0.05) is 57.2 Å². The number of aromatic nitrogens is 2. The lowest BCUT2D eigenvalue weighted by atomic mass is 10.0.